The topological polar surface area (TPSA) is 43.8 Å². The fourth-order valence-electron chi connectivity index (χ4n) is 2.43. The molecule has 15 heavy (non-hydrogen) atoms. The van der Waals surface area contributed by atoms with Gasteiger partial charge < -0.3 is 5.73 Å². The van der Waals surface area contributed by atoms with Crippen molar-refractivity contribution in [3.63, 3.8) is 0 Å². The summed E-state index contributed by atoms with van der Waals surface area (Å²) in [4.78, 5) is 0. The summed E-state index contributed by atoms with van der Waals surface area (Å²) in [7, 11) is 1.95. The highest BCUT2D eigenvalue weighted by Gasteiger charge is 2.30. The first-order valence-corrected chi connectivity index (χ1v) is 5.85. The van der Waals surface area contributed by atoms with E-state index in [0.717, 1.165) is 30.9 Å². The number of rotatable bonds is 2. The minimum absolute atomic E-state index is 0.000856. The zero-order chi connectivity index (χ0) is 10.9. The minimum Gasteiger partial charge on any atom is -0.325 e. The first-order valence-electron chi connectivity index (χ1n) is 5.85. The maximum Gasteiger partial charge on any atom is 0.0642 e. The highest BCUT2D eigenvalue weighted by atomic mass is 15.2. The van der Waals surface area contributed by atoms with Crippen molar-refractivity contribution in [2.24, 2.45) is 18.7 Å². The summed E-state index contributed by atoms with van der Waals surface area (Å²) in [5.41, 5.74) is 7.55. The Morgan fingerprint density at radius 1 is 1.53 bits per heavy atom. The van der Waals surface area contributed by atoms with Crippen LogP contribution in [-0.2, 0) is 13.5 Å². The number of aromatic nitrogens is 2. The van der Waals surface area contributed by atoms with E-state index in [9.17, 15) is 0 Å². The van der Waals surface area contributed by atoms with Gasteiger partial charge in [0.2, 0.25) is 0 Å². The lowest BCUT2D eigenvalue weighted by Gasteiger charge is -2.35. The van der Waals surface area contributed by atoms with E-state index in [1.54, 1.807) is 0 Å². The van der Waals surface area contributed by atoms with Crippen LogP contribution >= 0.6 is 0 Å². The molecule has 1 heterocycles. The molecule has 84 valence electrons. The molecular formula is C12H21N3. The Kier molecular flexibility index (Phi) is 2.83. The molecule has 3 heteroatoms. The number of hydrogen-bond donors (Lipinski definition) is 1. The predicted octanol–water partition coefficient (Wildman–Crippen LogP) is 1.87. The average Bonchev–Trinajstić information content (AvgIpc) is 2.57. The molecule has 0 atom stereocenters. The third-order valence-corrected chi connectivity index (χ3v) is 3.57. The fourth-order valence-corrected chi connectivity index (χ4v) is 2.43. The zero-order valence-electron chi connectivity index (χ0n) is 9.74. The van der Waals surface area contributed by atoms with E-state index in [1.807, 2.05) is 17.9 Å². The fraction of sp³-hybridized carbons (Fsp3) is 0.750. The molecular weight excluding hydrogens is 186 g/mol. The third kappa shape index (κ3) is 2.59. The molecule has 2 rings (SSSR count). The van der Waals surface area contributed by atoms with Gasteiger partial charge in [-0.3, -0.25) is 4.68 Å². The van der Waals surface area contributed by atoms with Crippen LogP contribution in [0.2, 0.25) is 0 Å². The van der Waals surface area contributed by atoms with E-state index < -0.39 is 0 Å². The number of aryl methyl sites for hydroxylation is 1. The van der Waals surface area contributed by atoms with Crippen LogP contribution < -0.4 is 5.73 Å². The van der Waals surface area contributed by atoms with Crippen molar-refractivity contribution >= 4 is 0 Å². The van der Waals surface area contributed by atoms with Gasteiger partial charge in [-0.25, -0.2) is 0 Å². The minimum atomic E-state index is 0.000856. The second-order valence-electron chi connectivity index (χ2n) is 5.20. The Morgan fingerprint density at radius 3 is 2.73 bits per heavy atom. The molecule has 0 aliphatic heterocycles. The van der Waals surface area contributed by atoms with Gasteiger partial charge in [-0.15, -0.1) is 0 Å². The molecule has 1 aromatic heterocycles. The van der Waals surface area contributed by atoms with Crippen LogP contribution in [0.15, 0.2) is 12.3 Å². The van der Waals surface area contributed by atoms with Gasteiger partial charge >= 0.3 is 0 Å². The van der Waals surface area contributed by atoms with Crippen molar-refractivity contribution in [1.82, 2.24) is 9.78 Å². The molecule has 1 fully saturated rings. The van der Waals surface area contributed by atoms with Crippen LogP contribution in [0.5, 0.6) is 0 Å². The molecule has 2 N–H and O–H groups in total. The molecule has 1 saturated carbocycles. The van der Waals surface area contributed by atoms with Crippen LogP contribution in [0.3, 0.4) is 0 Å². The Labute approximate surface area is 91.7 Å². The average molecular weight is 207 g/mol. The van der Waals surface area contributed by atoms with Gasteiger partial charge in [0, 0.05) is 25.2 Å². The zero-order valence-corrected chi connectivity index (χ0v) is 9.74. The van der Waals surface area contributed by atoms with Crippen molar-refractivity contribution < 1.29 is 0 Å². The van der Waals surface area contributed by atoms with E-state index in [-0.39, 0.29) is 5.54 Å². The standard InChI is InChI=1S/C12H21N3/c1-10-3-6-12(13,7-4-10)9-11-5-8-15(2)14-11/h5,8,10H,3-4,6-7,9,13H2,1-2H3. The monoisotopic (exact) mass is 207 g/mol. The van der Waals surface area contributed by atoms with Gasteiger partial charge in [0.15, 0.2) is 0 Å². The maximum atomic E-state index is 6.41. The van der Waals surface area contributed by atoms with E-state index in [2.05, 4.69) is 18.1 Å². The normalized spacial score (nSPS) is 31.8. The molecule has 0 bridgehead atoms. The van der Waals surface area contributed by atoms with Crippen molar-refractivity contribution in [3.8, 4) is 0 Å². The van der Waals surface area contributed by atoms with Gasteiger partial charge in [-0.05, 0) is 37.7 Å². The Morgan fingerprint density at radius 2 is 2.20 bits per heavy atom. The Balaban J connectivity index is 1.99. The highest BCUT2D eigenvalue weighted by molar-refractivity contribution is 5.06. The van der Waals surface area contributed by atoms with E-state index in [4.69, 9.17) is 5.73 Å². The second-order valence-corrected chi connectivity index (χ2v) is 5.20. The van der Waals surface area contributed by atoms with Crippen molar-refractivity contribution in [2.45, 2.75) is 44.6 Å². The van der Waals surface area contributed by atoms with E-state index >= 15 is 0 Å². The van der Waals surface area contributed by atoms with Crippen molar-refractivity contribution in [2.75, 3.05) is 0 Å². The predicted molar refractivity (Wildman–Crippen MR) is 61.5 cm³/mol. The number of nitrogens with zero attached hydrogens (tertiary/aromatic N) is 2. The molecule has 1 aromatic rings. The molecule has 0 spiro atoms. The third-order valence-electron chi connectivity index (χ3n) is 3.57. The smallest absolute Gasteiger partial charge is 0.0642 e. The van der Waals surface area contributed by atoms with Crippen LogP contribution in [0.25, 0.3) is 0 Å². The molecule has 0 aromatic carbocycles. The van der Waals surface area contributed by atoms with Gasteiger partial charge in [0.25, 0.3) is 0 Å². The first-order chi connectivity index (χ1) is 7.07. The Hall–Kier alpha value is -0.830. The number of hydrogen-bond acceptors (Lipinski definition) is 2. The van der Waals surface area contributed by atoms with Gasteiger partial charge in [-0.2, -0.15) is 5.10 Å². The lowest BCUT2D eigenvalue weighted by atomic mass is 9.75. The molecule has 0 amide bonds. The van der Waals surface area contributed by atoms with Gasteiger partial charge in [0.05, 0.1) is 5.69 Å². The summed E-state index contributed by atoms with van der Waals surface area (Å²) < 4.78 is 1.85. The van der Waals surface area contributed by atoms with Crippen LogP contribution in [0, 0.1) is 5.92 Å². The van der Waals surface area contributed by atoms with E-state index in [1.165, 1.54) is 12.8 Å². The van der Waals surface area contributed by atoms with Crippen LogP contribution in [0.4, 0.5) is 0 Å². The molecule has 3 nitrogen and oxygen atoms in total. The lowest BCUT2D eigenvalue weighted by Crippen LogP contribution is -2.45. The largest absolute Gasteiger partial charge is 0.325 e. The Bertz CT molecular complexity index is 321. The summed E-state index contributed by atoms with van der Waals surface area (Å²) >= 11 is 0. The van der Waals surface area contributed by atoms with Gasteiger partial charge in [-0.1, -0.05) is 6.92 Å². The lowest BCUT2D eigenvalue weighted by molar-refractivity contribution is 0.242. The summed E-state index contributed by atoms with van der Waals surface area (Å²) in [6, 6.07) is 2.08. The highest BCUT2D eigenvalue weighted by Crippen LogP contribution is 2.32. The van der Waals surface area contributed by atoms with E-state index in [0.29, 0.717) is 0 Å². The van der Waals surface area contributed by atoms with Crippen molar-refractivity contribution in [3.05, 3.63) is 18.0 Å². The maximum absolute atomic E-state index is 6.41. The summed E-state index contributed by atoms with van der Waals surface area (Å²) in [5.74, 6) is 0.852. The molecule has 0 saturated heterocycles. The van der Waals surface area contributed by atoms with Crippen LogP contribution in [0.1, 0.15) is 38.3 Å². The van der Waals surface area contributed by atoms with Gasteiger partial charge in [0.1, 0.15) is 0 Å². The second kappa shape index (κ2) is 3.97. The van der Waals surface area contributed by atoms with Crippen molar-refractivity contribution in [1.29, 1.82) is 0 Å². The summed E-state index contributed by atoms with van der Waals surface area (Å²) in [6.45, 7) is 2.32. The SMILES string of the molecule is CC1CCC(N)(Cc2ccn(C)n2)CC1. The molecule has 1 aliphatic carbocycles. The first kappa shape index (κ1) is 10.7. The molecule has 1 aliphatic rings. The number of nitrogens with two attached hydrogens (primary N) is 1. The molecule has 0 unspecified atom stereocenters. The summed E-state index contributed by atoms with van der Waals surface area (Å²) in [6.07, 6.45) is 7.74. The van der Waals surface area contributed by atoms with Crippen LogP contribution in [-0.4, -0.2) is 15.3 Å². The quantitative estimate of drug-likeness (QED) is 0.804. The molecule has 0 radical (unpaired) electrons. The summed E-state index contributed by atoms with van der Waals surface area (Å²) in [5, 5.41) is 4.41.